The first-order valence-corrected chi connectivity index (χ1v) is 7.57. The van der Waals surface area contributed by atoms with Gasteiger partial charge in [0.25, 0.3) is 0 Å². The molecule has 0 saturated heterocycles. The zero-order valence-corrected chi connectivity index (χ0v) is 13.6. The van der Waals surface area contributed by atoms with Gasteiger partial charge < -0.3 is 5.32 Å². The van der Waals surface area contributed by atoms with Crippen molar-refractivity contribution >= 4 is 31.9 Å². The highest BCUT2D eigenvalue weighted by atomic mass is 79.9. The summed E-state index contributed by atoms with van der Waals surface area (Å²) < 4.78 is 15.2. The topological polar surface area (TPSA) is 12.0 Å². The third-order valence-corrected chi connectivity index (χ3v) is 4.28. The maximum absolute atomic E-state index is 13.2. The van der Waals surface area contributed by atoms with Crippen LogP contribution in [0.25, 0.3) is 0 Å². The lowest BCUT2D eigenvalue weighted by Crippen LogP contribution is -2.18. The predicted octanol–water partition coefficient (Wildman–Crippen LogP) is 5.20. The van der Waals surface area contributed by atoms with Gasteiger partial charge in [0.1, 0.15) is 5.82 Å². The van der Waals surface area contributed by atoms with Crippen LogP contribution in [0, 0.1) is 5.82 Å². The van der Waals surface area contributed by atoms with Gasteiger partial charge in [-0.05, 0) is 48.4 Å². The van der Waals surface area contributed by atoms with E-state index in [2.05, 4.69) is 56.2 Å². The summed E-state index contributed by atoms with van der Waals surface area (Å²) in [5.74, 6) is -0.212. The first-order valence-electron chi connectivity index (χ1n) is 5.99. The number of nitrogens with one attached hydrogen (secondary N) is 1. The zero-order valence-electron chi connectivity index (χ0n) is 10.5. The Morgan fingerprint density at radius 3 is 2.47 bits per heavy atom. The summed E-state index contributed by atoms with van der Waals surface area (Å²) in [5, 5.41) is 3.39. The minimum absolute atomic E-state index is 0.211. The van der Waals surface area contributed by atoms with Crippen LogP contribution in [0.3, 0.4) is 0 Å². The van der Waals surface area contributed by atoms with E-state index in [1.807, 2.05) is 12.1 Å². The van der Waals surface area contributed by atoms with Crippen molar-refractivity contribution in [1.29, 1.82) is 0 Å². The van der Waals surface area contributed by atoms with Crippen LogP contribution in [0.1, 0.15) is 24.1 Å². The third kappa shape index (κ3) is 4.13. The summed E-state index contributed by atoms with van der Waals surface area (Å²) in [6.07, 6.45) is 0. The molecule has 0 radical (unpaired) electrons. The molecule has 0 bridgehead atoms. The molecule has 1 nitrogen and oxygen atoms in total. The number of halogens is 3. The Labute approximate surface area is 129 Å². The molecule has 0 unspecified atom stereocenters. The molecule has 0 amide bonds. The molecule has 0 heterocycles. The van der Waals surface area contributed by atoms with E-state index in [-0.39, 0.29) is 11.9 Å². The lowest BCUT2D eigenvalue weighted by molar-refractivity contribution is 0.568. The molecular formula is C15H14Br2FN. The molecule has 4 heteroatoms. The van der Waals surface area contributed by atoms with Gasteiger partial charge in [0.2, 0.25) is 0 Å². The second-order valence-corrected chi connectivity index (χ2v) is 6.16. The van der Waals surface area contributed by atoms with E-state index in [1.165, 1.54) is 11.6 Å². The van der Waals surface area contributed by atoms with Gasteiger partial charge in [0, 0.05) is 21.5 Å². The van der Waals surface area contributed by atoms with Gasteiger partial charge in [-0.3, -0.25) is 0 Å². The lowest BCUT2D eigenvalue weighted by Gasteiger charge is -2.15. The van der Waals surface area contributed by atoms with Gasteiger partial charge in [0.05, 0.1) is 0 Å². The molecule has 1 atom stereocenters. The van der Waals surface area contributed by atoms with Crippen molar-refractivity contribution in [3.8, 4) is 0 Å². The Morgan fingerprint density at radius 2 is 1.79 bits per heavy atom. The summed E-state index contributed by atoms with van der Waals surface area (Å²) >= 11 is 6.85. The van der Waals surface area contributed by atoms with Crippen LogP contribution in [-0.2, 0) is 6.54 Å². The van der Waals surface area contributed by atoms with Crippen LogP contribution in [-0.4, -0.2) is 0 Å². The average Bonchev–Trinajstić information content (AvgIpc) is 2.40. The number of rotatable bonds is 4. The van der Waals surface area contributed by atoms with Gasteiger partial charge in [-0.2, -0.15) is 0 Å². The molecule has 100 valence electrons. The van der Waals surface area contributed by atoms with Gasteiger partial charge in [-0.1, -0.05) is 44.0 Å². The maximum Gasteiger partial charge on any atom is 0.123 e. The number of hydrogen-bond donors (Lipinski definition) is 1. The first kappa shape index (κ1) is 14.7. The molecular weight excluding hydrogens is 373 g/mol. The second-order valence-electron chi connectivity index (χ2n) is 4.39. The van der Waals surface area contributed by atoms with E-state index in [9.17, 15) is 4.39 Å². The van der Waals surface area contributed by atoms with Crippen molar-refractivity contribution in [2.24, 2.45) is 0 Å². The van der Waals surface area contributed by atoms with E-state index >= 15 is 0 Å². The summed E-state index contributed by atoms with van der Waals surface area (Å²) in [6.45, 7) is 2.71. The Balaban J connectivity index is 2.02. The number of hydrogen-bond acceptors (Lipinski definition) is 1. The van der Waals surface area contributed by atoms with Gasteiger partial charge >= 0.3 is 0 Å². The largest absolute Gasteiger partial charge is 0.306 e. The van der Waals surface area contributed by atoms with Crippen molar-refractivity contribution in [2.45, 2.75) is 19.5 Å². The maximum atomic E-state index is 13.2. The van der Waals surface area contributed by atoms with E-state index in [1.54, 1.807) is 12.1 Å². The smallest absolute Gasteiger partial charge is 0.123 e. The molecule has 0 aliphatic heterocycles. The molecule has 2 aromatic carbocycles. The molecule has 0 aliphatic carbocycles. The van der Waals surface area contributed by atoms with Crippen molar-refractivity contribution in [3.63, 3.8) is 0 Å². The summed E-state index contributed by atoms with van der Waals surface area (Å²) in [6, 6.07) is 13.1. The average molecular weight is 387 g/mol. The minimum Gasteiger partial charge on any atom is -0.306 e. The van der Waals surface area contributed by atoms with Gasteiger partial charge in [-0.15, -0.1) is 0 Å². The van der Waals surface area contributed by atoms with Crippen LogP contribution < -0.4 is 5.32 Å². The second kappa shape index (κ2) is 6.64. The Morgan fingerprint density at radius 1 is 1.11 bits per heavy atom. The molecule has 19 heavy (non-hydrogen) atoms. The fourth-order valence-corrected chi connectivity index (χ4v) is 2.46. The Kier molecular flexibility index (Phi) is 5.13. The Hall–Kier alpha value is -0.710. The highest BCUT2D eigenvalue weighted by molar-refractivity contribution is 9.10. The molecule has 0 spiro atoms. The van der Waals surface area contributed by atoms with Gasteiger partial charge in [0.15, 0.2) is 0 Å². The minimum atomic E-state index is -0.212. The number of benzene rings is 2. The first-order chi connectivity index (χ1) is 9.06. The molecule has 1 N–H and O–H groups in total. The molecule has 2 rings (SSSR count). The monoisotopic (exact) mass is 385 g/mol. The molecule has 0 saturated carbocycles. The molecule has 0 aliphatic rings. The molecule has 0 aromatic heterocycles. The highest BCUT2D eigenvalue weighted by Gasteiger charge is 2.07. The van der Waals surface area contributed by atoms with Gasteiger partial charge in [-0.25, -0.2) is 4.39 Å². The summed E-state index contributed by atoms with van der Waals surface area (Å²) in [4.78, 5) is 0. The van der Waals surface area contributed by atoms with Crippen LogP contribution in [0.5, 0.6) is 0 Å². The zero-order chi connectivity index (χ0) is 13.8. The molecule has 0 fully saturated rings. The lowest BCUT2D eigenvalue weighted by atomic mass is 10.1. The molecule has 2 aromatic rings. The van der Waals surface area contributed by atoms with E-state index in [0.717, 1.165) is 14.5 Å². The normalized spacial score (nSPS) is 12.4. The van der Waals surface area contributed by atoms with Crippen molar-refractivity contribution in [3.05, 3.63) is 68.4 Å². The Bertz CT molecular complexity index is 555. The SMILES string of the molecule is C[C@H](NCc1cc(F)ccc1Br)c1ccc(Br)cc1. The van der Waals surface area contributed by atoms with E-state index < -0.39 is 0 Å². The highest BCUT2D eigenvalue weighted by Crippen LogP contribution is 2.20. The summed E-state index contributed by atoms with van der Waals surface area (Å²) in [7, 11) is 0. The predicted molar refractivity (Wildman–Crippen MR) is 83.5 cm³/mol. The van der Waals surface area contributed by atoms with Crippen molar-refractivity contribution < 1.29 is 4.39 Å². The van der Waals surface area contributed by atoms with Crippen LogP contribution in [0.4, 0.5) is 4.39 Å². The van der Waals surface area contributed by atoms with Crippen LogP contribution >= 0.6 is 31.9 Å². The van der Waals surface area contributed by atoms with Crippen LogP contribution in [0.15, 0.2) is 51.4 Å². The quantitative estimate of drug-likeness (QED) is 0.761. The van der Waals surface area contributed by atoms with Crippen LogP contribution in [0.2, 0.25) is 0 Å². The third-order valence-electron chi connectivity index (χ3n) is 2.98. The summed E-state index contributed by atoms with van der Waals surface area (Å²) in [5.41, 5.74) is 2.12. The van der Waals surface area contributed by atoms with Crippen molar-refractivity contribution in [1.82, 2.24) is 5.32 Å². The fraction of sp³-hybridized carbons (Fsp3) is 0.200. The van der Waals surface area contributed by atoms with E-state index in [4.69, 9.17) is 0 Å². The van der Waals surface area contributed by atoms with E-state index in [0.29, 0.717) is 6.54 Å². The standard InChI is InChI=1S/C15H14Br2FN/c1-10(11-2-4-13(16)5-3-11)19-9-12-8-14(18)6-7-15(12)17/h2-8,10,19H,9H2,1H3/t10-/m0/s1. The fourth-order valence-electron chi connectivity index (χ4n) is 1.81. The van der Waals surface area contributed by atoms with Crippen molar-refractivity contribution in [2.75, 3.05) is 0 Å².